The lowest BCUT2D eigenvalue weighted by molar-refractivity contribution is 0.767. The lowest BCUT2D eigenvalue weighted by Crippen LogP contribution is -2.03. The molecule has 1 aromatic carbocycles. The Labute approximate surface area is 91.8 Å². The summed E-state index contributed by atoms with van der Waals surface area (Å²) in [6.07, 6.45) is 0.744. The van der Waals surface area contributed by atoms with Crippen molar-refractivity contribution in [2.75, 3.05) is 5.73 Å². The highest BCUT2D eigenvalue weighted by Crippen LogP contribution is 2.22. The molecule has 5 nitrogen and oxygen atoms in total. The van der Waals surface area contributed by atoms with Crippen molar-refractivity contribution in [2.24, 2.45) is 0 Å². The van der Waals surface area contributed by atoms with Gasteiger partial charge >= 0.3 is 0 Å². The van der Waals surface area contributed by atoms with Crippen LogP contribution >= 0.6 is 11.6 Å². The summed E-state index contributed by atoms with van der Waals surface area (Å²) < 4.78 is 1.61. The Morgan fingerprint density at radius 1 is 1.47 bits per heavy atom. The fourth-order valence-electron chi connectivity index (χ4n) is 1.31. The standard InChI is InChI=1S/C9H10ClN5/c1-2-9-12-13-14-15(9)8-4-3-6(11)5-7(8)10/h3-5H,2,11H2,1H3. The van der Waals surface area contributed by atoms with Crippen LogP contribution in [0, 0.1) is 0 Å². The lowest BCUT2D eigenvalue weighted by Gasteiger charge is -2.05. The molecule has 0 radical (unpaired) electrons. The molecule has 0 aliphatic rings. The number of halogens is 1. The third-order valence-electron chi connectivity index (χ3n) is 2.05. The fourth-order valence-corrected chi connectivity index (χ4v) is 1.58. The Bertz CT molecular complexity index is 479. The van der Waals surface area contributed by atoms with Gasteiger partial charge < -0.3 is 5.73 Å². The van der Waals surface area contributed by atoms with Gasteiger partial charge in [-0.15, -0.1) is 5.10 Å². The summed E-state index contributed by atoms with van der Waals surface area (Å²) in [6, 6.07) is 5.24. The summed E-state index contributed by atoms with van der Waals surface area (Å²) in [5.41, 5.74) is 6.97. The van der Waals surface area contributed by atoms with Crippen LogP contribution in [-0.4, -0.2) is 20.2 Å². The summed E-state index contributed by atoms with van der Waals surface area (Å²) in [5, 5.41) is 11.9. The number of nitrogen functional groups attached to an aromatic ring is 1. The van der Waals surface area contributed by atoms with Crippen LogP contribution in [-0.2, 0) is 6.42 Å². The number of benzene rings is 1. The second kappa shape index (κ2) is 3.86. The topological polar surface area (TPSA) is 69.6 Å². The van der Waals surface area contributed by atoms with Gasteiger partial charge in [0.15, 0.2) is 5.82 Å². The summed E-state index contributed by atoms with van der Waals surface area (Å²) in [7, 11) is 0. The molecule has 1 aromatic heterocycles. The van der Waals surface area contributed by atoms with Gasteiger partial charge in [0, 0.05) is 12.1 Å². The number of anilines is 1. The molecule has 0 aliphatic carbocycles. The van der Waals surface area contributed by atoms with Gasteiger partial charge in [-0.25, -0.2) is 0 Å². The fraction of sp³-hybridized carbons (Fsp3) is 0.222. The Hall–Kier alpha value is -1.62. The van der Waals surface area contributed by atoms with Crippen LogP contribution < -0.4 is 5.73 Å². The Morgan fingerprint density at radius 3 is 2.93 bits per heavy atom. The predicted octanol–water partition coefficient (Wildman–Crippen LogP) is 1.46. The maximum Gasteiger partial charge on any atom is 0.156 e. The molecule has 0 atom stereocenters. The Morgan fingerprint density at radius 2 is 2.27 bits per heavy atom. The zero-order chi connectivity index (χ0) is 10.8. The van der Waals surface area contributed by atoms with Gasteiger partial charge in [-0.05, 0) is 28.6 Å². The van der Waals surface area contributed by atoms with Crippen LogP contribution in [0.4, 0.5) is 5.69 Å². The van der Waals surface area contributed by atoms with E-state index in [2.05, 4.69) is 15.5 Å². The number of tetrazole rings is 1. The molecule has 0 bridgehead atoms. The number of aryl methyl sites for hydroxylation is 1. The zero-order valence-electron chi connectivity index (χ0n) is 8.18. The van der Waals surface area contributed by atoms with Crippen molar-refractivity contribution in [2.45, 2.75) is 13.3 Å². The first-order valence-electron chi connectivity index (χ1n) is 4.55. The SMILES string of the molecule is CCc1nnnn1-c1ccc(N)cc1Cl. The van der Waals surface area contributed by atoms with Crippen LogP contribution in [0.2, 0.25) is 5.02 Å². The van der Waals surface area contributed by atoms with Crippen molar-refractivity contribution < 1.29 is 0 Å². The first-order chi connectivity index (χ1) is 7.22. The first-order valence-corrected chi connectivity index (χ1v) is 4.93. The van der Waals surface area contributed by atoms with Crippen molar-refractivity contribution in [3.63, 3.8) is 0 Å². The van der Waals surface area contributed by atoms with E-state index in [9.17, 15) is 0 Å². The molecule has 0 unspecified atom stereocenters. The number of aromatic nitrogens is 4. The van der Waals surface area contributed by atoms with Gasteiger partial charge in [0.1, 0.15) is 0 Å². The molecule has 78 valence electrons. The molecule has 1 heterocycles. The van der Waals surface area contributed by atoms with E-state index in [1.54, 1.807) is 22.9 Å². The first kappa shape index (κ1) is 9.92. The molecule has 0 spiro atoms. The highest BCUT2D eigenvalue weighted by Gasteiger charge is 2.09. The summed E-state index contributed by atoms with van der Waals surface area (Å²) in [6.45, 7) is 1.98. The third kappa shape index (κ3) is 1.78. The Balaban J connectivity index is 2.54. The van der Waals surface area contributed by atoms with Gasteiger partial charge in [-0.1, -0.05) is 18.5 Å². The van der Waals surface area contributed by atoms with E-state index in [1.165, 1.54) is 0 Å². The Kier molecular flexibility index (Phi) is 2.55. The smallest absolute Gasteiger partial charge is 0.156 e. The second-order valence-corrected chi connectivity index (χ2v) is 3.48. The molecule has 0 amide bonds. The quantitative estimate of drug-likeness (QED) is 0.783. The van der Waals surface area contributed by atoms with Gasteiger partial charge in [-0.2, -0.15) is 4.68 Å². The predicted molar refractivity (Wildman–Crippen MR) is 58.0 cm³/mol. The third-order valence-corrected chi connectivity index (χ3v) is 2.35. The monoisotopic (exact) mass is 223 g/mol. The summed E-state index contributed by atoms with van der Waals surface area (Å²) in [4.78, 5) is 0. The minimum atomic E-state index is 0.539. The van der Waals surface area contributed by atoms with Crippen molar-refractivity contribution >= 4 is 17.3 Å². The van der Waals surface area contributed by atoms with Crippen molar-refractivity contribution in [3.05, 3.63) is 29.0 Å². The van der Waals surface area contributed by atoms with Gasteiger partial charge in [0.05, 0.1) is 10.7 Å². The van der Waals surface area contributed by atoms with Crippen LogP contribution in [0.25, 0.3) is 5.69 Å². The summed E-state index contributed by atoms with van der Waals surface area (Å²) in [5.74, 6) is 0.765. The number of nitrogens with zero attached hydrogens (tertiary/aromatic N) is 4. The highest BCUT2D eigenvalue weighted by atomic mass is 35.5. The average Bonchev–Trinajstić information content (AvgIpc) is 2.65. The molecule has 2 aromatic rings. The van der Waals surface area contributed by atoms with E-state index in [4.69, 9.17) is 17.3 Å². The van der Waals surface area contributed by atoms with E-state index >= 15 is 0 Å². The average molecular weight is 224 g/mol. The second-order valence-electron chi connectivity index (χ2n) is 3.07. The van der Waals surface area contributed by atoms with Crippen LogP contribution in [0.3, 0.4) is 0 Å². The number of hydrogen-bond donors (Lipinski definition) is 1. The minimum absolute atomic E-state index is 0.539. The lowest BCUT2D eigenvalue weighted by atomic mass is 10.3. The highest BCUT2D eigenvalue weighted by molar-refractivity contribution is 6.32. The molecule has 2 rings (SSSR count). The van der Waals surface area contributed by atoms with E-state index in [-0.39, 0.29) is 0 Å². The van der Waals surface area contributed by atoms with Crippen molar-refractivity contribution in [1.82, 2.24) is 20.2 Å². The number of rotatable bonds is 2. The maximum absolute atomic E-state index is 6.05. The molecule has 15 heavy (non-hydrogen) atoms. The van der Waals surface area contributed by atoms with Crippen molar-refractivity contribution in [1.29, 1.82) is 0 Å². The molecule has 0 aliphatic heterocycles. The van der Waals surface area contributed by atoms with Crippen LogP contribution in [0.1, 0.15) is 12.7 Å². The normalized spacial score (nSPS) is 10.5. The molecular weight excluding hydrogens is 214 g/mol. The van der Waals surface area contributed by atoms with Gasteiger partial charge in [-0.3, -0.25) is 0 Å². The zero-order valence-corrected chi connectivity index (χ0v) is 8.94. The van der Waals surface area contributed by atoms with Gasteiger partial charge in [0.2, 0.25) is 0 Å². The number of nitrogens with two attached hydrogens (primary N) is 1. The van der Waals surface area contributed by atoms with E-state index < -0.39 is 0 Å². The van der Waals surface area contributed by atoms with E-state index in [0.717, 1.165) is 17.9 Å². The molecule has 0 saturated carbocycles. The summed E-state index contributed by atoms with van der Waals surface area (Å²) >= 11 is 6.05. The molecule has 2 N–H and O–H groups in total. The minimum Gasteiger partial charge on any atom is -0.399 e. The molecule has 6 heteroatoms. The number of hydrogen-bond acceptors (Lipinski definition) is 4. The van der Waals surface area contributed by atoms with Crippen LogP contribution in [0.15, 0.2) is 18.2 Å². The van der Waals surface area contributed by atoms with Gasteiger partial charge in [0.25, 0.3) is 0 Å². The molecule has 0 saturated heterocycles. The van der Waals surface area contributed by atoms with Crippen LogP contribution in [0.5, 0.6) is 0 Å². The molecular formula is C9H10ClN5. The maximum atomic E-state index is 6.05. The molecule has 0 fully saturated rings. The van der Waals surface area contributed by atoms with Crippen molar-refractivity contribution in [3.8, 4) is 5.69 Å². The van der Waals surface area contributed by atoms with E-state index in [0.29, 0.717) is 10.7 Å². The largest absolute Gasteiger partial charge is 0.399 e. The van der Waals surface area contributed by atoms with E-state index in [1.807, 2.05) is 6.92 Å².